The summed E-state index contributed by atoms with van der Waals surface area (Å²) in [5, 5.41) is 0. The Balaban J connectivity index is 3.66. The Morgan fingerprint density at radius 2 is 1.64 bits per heavy atom. The van der Waals surface area contributed by atoms with E-state index in [2.05, 4.69) is 0 Å². The van der Waals surface area contributed by atoms with Gasteiger partial charge in [-0.05, 0) is 13.0 Å². The lowest BCUT2D eigenvalue weighted by Gasteiger charge is -2.05. The summed E-state index contributed by atoms with van der Waals surface area (Å²) in [7, 11) is -3.88. The molecule has 0 fully saturated rings. The fourth-order valence-corrected chi connectivity index (χ4v) is 1.77. The molecule has 0 saturated carbocycles. The van der Waals surface area contributed by atoms with Crippen molar-refractivity contribution in [3.8, 4) is 0 Å². The van der Waals surface area contributed by atoms with Crippen LogP contribution in [0.2, 0.25) is 0 Å². The van der Waals surface area contributed by atoms with Gasteiger partial charge in [-0.3, -0.25) is 0 Å². The predicted octanol–water partition coefficient (Wildman–Crippen LogP) is 1.82. The number of sulfone groups is 1. The molecule has 0 bridgehead atoms. The lowest BCUT2D eigenvalue weighted by atomic mass is 10.2. The summed E-state index contributed by atoms with van der Waals surface area (Å²) in [6.45, 7) is 0.975. The molecule has 2 nitrogen and oxygen atoms in total. The summed E-state index contributed by atoms with van der Waals surface area (Å²) in [6, 6.07) is 0.340. The standard InChI is InChI=1S/C8H7F3O2S/c1-4-7(10)5(9)3-6(8(4)11)14(2,12)13/h3H,1-2H3. The maximum atomic E-state index is 13.2. The summed E-state index contributed by atoms with van der Waals surface area (Å²) in [5.74, 6) is -3.98. The first-order chi connectivity index (χ1) is 6.25. The first kappa shape index (κ1) is 11.0. The van der Waals surface area contributed by atoms with Crippen LogP contribution in [0, 0.1) is 24.4 Å². The van der Waals surface area contributed by atoms with E-state index in [1.807, 2.05) is 0 Å². The molecule has 0 saturated heterocycles. The zero-order chi connectivity index (χ0) is 11.1. The van der Waals surface area contributed by atoms with Crippen LogP contribution in [0.25, 0.3) is 0 Å². The minimum absolute atomic E-state index is 0.340. The number of hydrogen-bond acceptors (Lipinski definition) is 2. The van der Waals surface area contributed by atoms with E-state index in [4.69, 9.17) is 0 Å². The molecule has 1 aromatic carbocycles. The van der Waals surface area contributed by atoms with E-state index >= 15 is 0 Å². The molecule has 0 aromatic heterocycles. The molecule has 14 heavy (non-hydrogen) atoms. The average molecular weight is 224 g/mol. The van der Waals surface area contributed by atoms with Crippen molar-refractivity contribution >= 4 is 9.84 Å². The summed E-state index contributed by atoms with van der Waals surface area (Å²) in [5.41, 5.74) is -0.634. The molecule has 0 spiro atoms. The largest absolute Gasteiger partial charge is 0.224 e. The van der Waals surface area contributed by atoms with E-state index in [-0.39, 0.29) is 0 Å². The molecule has 0 aliphatic carbocycles. The minimum atomic E-state index is -3.88. The molecular formula is C8H7F3O2S. The monoisotopic (exact) mass is 224 g/mol. The van der Waals surface area contributed by atoms with E-state index in [0.717, 1.165) is 13.2 Å². The molecule has 0 heterocycles. The predicted molar refractivity (Wildman–Crippen MR) is 44.2 cm³/mol. The van der Waals surface area contributed by atoms with Gasteiger partial charge in [-0.15, -0.1) is 0 Å². The third kappa shape index (κ3) is 1.75. The van der Waals surface area contributed by atoms with Gasteiger partial charge in [0.15, 0.2) is 21.5 Å². The van der Waals surface area contributed by atoms with Crippen molar-refractivity contribution in [2.24, 2.45) is 0 Å². The topological polar surface area (TPSA) is 34.1 Å². The molecule has 0 aliphatic rings. The summed E-state index contributed by atoms with van der Waals surface area (Å²) >= 11 is 0. The van der Waals surface area contributed by atoms with E-state index in [1.54, 1.807) is 0 Å². The van der Waals surface area contributed by atoms with Gasteiger partial charge in [0.05, 0.1) is 0 Å². The Bertz CT molecular complexity index is 480. The van der Waals surface area contributed by atoms with Crippen LogP contribution in [-0.2, 0) is 9.84 Å². The molecule has 0 radical (unpaired) electrons. The molecule has 0 unspecified atom stereocenters. The molecule has 0 aliphatic heterocycles. The highest BCUT2D eigenvalue weighted by atomic mass is 32.2. The highest BCUT2D eigenvalue weighted by Crippen LogP contribution is 2.22. The van der Waals surface area contributed by atoms with Gasteiger partial charge in [0.1, 0.15) is 10.7 Å². The second kappa shape index (κ2) is 3.27. The van der Waals surface area contributed by atoms with Gasteiger partial charge in [-0.2, -0.15) is 0 Å². The van der Waals surface area contributed by atoms with Gasteiger partial charge < -0.3 is 0 Å². The highest BCUT2D eigenvalue weighted by molar-refractivity contribution is 7.90. The second-order valence-corrected chi connectivity index (χ2v) is 4.87. The van der Waals surface area contributed by atoms with Crippen LogP contribution in [0.5, 0.6) is 0 Å². The Morgan fingerprint density at radius 1 is 1.14 bits per heavy atom. The normalized spacial score (nSPS) is 11.8. The molecule has 6 heteroatoms. The lowest BCUT2D eigenvalue weighted by Crippen LogP contribution is -2.06. The Morgan fingerprint density at radius 3 is 2.07 bits per heavy atom. The smallest absolute Gasteiger partial charge is 0.178 e. The van der Waals surface area contributed by atoms with Crippen LogP contribution in [0.3, 0.4) is 0 Å². The summed E-state index contributed by atoms with van der Waals surface area (Å²) in [4.78, 5) is -0.825. The lowest BCUT2D eigenvalue weighted by molar-refractivity contribution is 0.473. The zero-order valence-electron chi connectivity index (χ0n) is 7.44. The molecule has 1 rings (SSSR count). The van der Waals surface area contributed by atoms with Crippen LogP contribution in [0.4, 0.5) is 13.2 Å². The van der Waals surface area contributed by atoms with Crippen molar-refractivity contribution < 1.29 is 21.6 Å². The van der Waals surface area contributed by atoms with Gasteiger partial charge in [0.25, 0.3) is 0 Å². The summed E-state index contributed by atoms with van der Waals surface area (Å²) in [6.07, 6.45) is 0.724. The maximum absolute atomic E-state index is 13.2. The van der Waals surface area contributed by atoms with E-state index in [0.29, 0.717) is 6.07 Å². The van der Waals surface area contributed by atoms with Crippen LogP contribution in [0.15, 0.2) is 11.0 Å². The fraction of sp³-hybridized carbons (Fsp3) is 0.250. The van der Waals surface area contributed by atoms with Crippen molar-refractivity contribution in [3.05, 3.63) is 29.1 Å². The minimum Gasteiger partial charge on any atom is -0.224 e. The first-order valence-corrected chi connectivity index (χ1v) is 5.48. The molecule has 0 amide bonds. The average Bonchev–Trinajstić information content (AvgIpc) is 2.06. The maximum Gasteiger partial charge on any atom is 0.178 e. The van der Waals surface area contributed by atoms with Crippen molar-refractivity contribution in [2.75, 3.05) is 6.26 Å². The molecule has 1 aromatic rings. The molecule has 0 N–H and O–H groups in total. The molecular weight excluding hydrogens is 217 g/mol. The van der Waals surface area contributed by atoms with E-state index in [9.17, 15) is 21.6 Å². The third-order valence-electron chi connectivity index (χ3n) is 1.74. The van der Waals surface area contributed by atoms with Crippen molar-refractivity contribution in [2.45, 2.75) is 11.8 Å². The van der Waals surface area contributed by atoms with E-state index in [1.165, 1.54) is 0 Å². The van der Waals surface area contributed by atoms with E-state index < -0.39 is 37.7 Å². The highest BCUT2D eigenvalue weighted by Gasteiger charge is 2.21. The third-order valence-corrected chi connectivity index (χ3v) is 2.84. The van der Waals surface area contributed by atoms with Gasteiger partial charge in [0, 0.05) is 11.8 Å². The summed E-state index contributed by atoms with van der Waals surface area (Å²) < 4.78 is 60.5. The number of benzene rings is 1. The zero-order valence-corrected chi connectivity index (χ0v) is 8.25. The van der Waals surface area contributed by atoms with Gasteiger partial charge in [0.2, 0.25) is 0 Å². The fourth-order valence-electron chi connectivity index (χ4n) is 0.972. The molecule has 0 atom stereocenters. The van der Waals surface area contributed by atoms with Gasteiger partial charge in [-0.25, -0.2) is 21.6 Å². The van der Waals surface area contributed by atoms with Crippen molar-refractivity contribution in [1.29, 1.82) is 0 Å². The van der Waals surface area contributed by atoms with Gasteiger partial charge in [-0.1, -0.05) is 0 Å². The number of halogens is 3. The van der Waals surface area contributed by atoms with Crippen LogP contribution in [-0.4, -0.2) is 14.7 Å². The van der Waals surface area contributed by atoms with Gasteiger partial charge >= 0.3 is 0 Å². The quantitative estimate of drug-likeness (QED) is 0.538. The SMILES string of the molecule is Cc1c(F)c(F)cc(S(C)(=O)=O)c1F. The van der Waals surface area contributed by atoms with Crippen molar-refractivity contribution in [1.82, 2.24) is 0 Å². The Hall–Kier alpha value is -1.04. The first-order valence-electron chi connectivity index (χ1n) is 3.59. The second-order valence-electron chi connectivity index (χ2n) is 2.88. The molecule has 78 valence electrons. The van der Waals surface area contributed by atoms with Crippen molar-refractivity contribution in [3.63, 3.8) is 0 Å². The Kier molecular flexibility index (Phi) is 2.58. The van der Waals surface area contributed by atoms with Crippen LogP contribution in [0.1, 0.15) is 5.56 Å². The Labute approximate surface area is 79.3 Å². The van der Waals surface area contributed by atoms with Crippen LogP contribution >= 0.6 is 0 Å². The number of rotatable bonds is 1. The number of hydrogen-bond donors (Lipinski definition) is 0. The van der Waals surface area contributed by atoms with Crippen LogP contribution < -0.4 is 0 Å².